The van der Waals surface area contributed by atoms with Crippen LogP contribution in [0.25, 0.3) is 10.8 Å². The van der Waals surface area contributed by atoms with Crippen LogP contribution < -0.4 is 5.43 Å². The average Bonchev–Trinajstić information content (AvgIpc) is 3.23. The van der Waals surface area contributed by atoms with Gasteiger partial charge in [-0.25, -0.2) is 5.43 Å². The van der Waals surface area contributed by atoms with Crippen LogP contribution in [0.5, 0.6) is 0 Å². The summed E-state index contributed by atoms with van der Waals surface area (Å²) in [5, 5.41) is 6.35. The first-order chi connectivity index (χ1) is 8.84. The van der Waals surface area contributed by atoms with Crippen molar-refractivity contribution < 1.29 is 4.79 Å². The molecule has 1 N–H and O–H groups in total. The van der Waals surface area contributed by atoms with Gasteiger partial charge in [0.25, 0.3) is 0 Å². The predicted octanol–water partition coefficient (Wildman–Crippen LogP) is 2.70. The van der Waals surface area contributed by atoms with Gasteiger partial charge in [-0.3, -0.25) is 4.79 Å². The van der Waals surface area contributed by atoms with E-state index in [9.17, 15) is 4.79 Å². The van der Waals surface area contributed by atoms with E-state index in [1.165, 1.54) is 5.39 Å². The van der Waals surface area contributed by atoms with Crippen LogP contribution in [0.3, 0.4) is 0 Å². The van der Waals surface area contributed by atoms with E-state index in [2.05, 4.69) is 28.7 Å². The molecule has 3 rings (SSSR count). The molecule has 1 saturated carbocycles. The molecule has 0 radical (unpaired) electrons. The second-order valence-corrected chi connectivity index (χ2v) is 4.58. The van der Waals surface area contributed by atoms with Gasteiger partial charge in [-0.2, -0.15) is 5.10 Å². The highest BCUT2D eigenvalue weighted by atomic mass is 16.2. The molecular formula is C15H14N2O. The molecule has 1 aliphatic carbocycles. The highest BCUT2D eigenvalue weighted by Gasteiger charge is 2.29. The number of carbonyl (C=O) groups is 1. The van der Waals surface area contributed by atoms with Crippen molar-refractivity contribution in [3.63, 3.8) is 0 Å². The van der Waals surface area contributed by atoms with Crippen molar-refractivity contribution in [1.29, 1.82) is 0 Å². The van der Waals surface area contributed by atoms with Crippen LogP contribution in [0.4, 0.5) is 0 Å². The van der Waals surface area contributed by atoms with Crippen LogP contribution in [0, 0.1) is 5.92 Å². The standard InChI is InChI=1S/C15H14N2O/c18-15(12-8-9-12)17-16-10-13-6-3-5-11-4-1-2-7-14(11)13/h1-7,10,12H,8-9H2,(H,17,18)/b16-10-. The Bertz CT molecular complexity index is 609. The van der Waals surface area contributed by atoms with Crippen molar-refractivity contribution >= 4 is 22.9 Å². The molecule has 0 saturated heterocycles. The Hall–Kier alpha value is -2.16. The smallest absolute Gasteiger partial charge is 0.243 e. The van der Waals surface area contributed by atoms with E-state index in [1.807, 2.05) is 24.3 Å². The summed E-state index contributed by atoms with van der Waals surface area (Å²) in [6.07, 6.45) is 3.70. The third-order valence-electron chi connectivity index (χ3n) is 3.15. The van der Waals surface area contributed by atoms with Gasteiger partial charge in [-0.05, 0) is 23.6 Å². The Balaban J connectivity index is 1.81. The van der Waals surface area contributed by atoms with Crippen molar-refractivity contribution in [1.82, 2.24) is 5.43 Å². The predicted molar refractivity (Wildman–Crippen MR) is 72.4 cm³/mol. The van der Waals surface area contributed by atoms with Crippen molar-refractivity contribution in [3.8, 4) is 0 Å². The van der Waals surface area contributed by atoms with E-state index in [-0.39, 0.29) is 11.8 Å². The Morgan fingerprint density at radius 2 is 1.94 bits per heavy atom. The maximum absolute atomic E-state index is 11.4. The third-order valence-corrected chi connectivity index (χ3v) is 3.15. The van der Waals surface area contributed by atoms with Gasteiger partial charge in [-0.1, -0.05) is 42.5 Å². The average molecular weight is 238 g/mol. The molecule has 2 aromatic rings. The van der Waals surface area contributed by atoms with Gasteiger partial charge < -0.3 is 0 Å². The lowest BCUT2D eigenvalue weighted by Crippen LogP contribution is -2.18. The first-order valence-corrected chi connectivity index (χ1v) is 6.15. The first-order valence-electron chi connectivity index (χ1n) is 6.15. The first kappa shape index (κ1) is 11.0. The summed E-state index contributed by atoms with van der Waals surface area (Å²) in [5.41, 5.74) is 3.61. The van der Waals surface area contributed by atoms with E-state index < -0.39 is 0 Å². The number of nitrogens with zero attached hydrogens (tertiary/aromatic N) is 1. The number of carbonyl (C=O) groups excluding carboxylic acids is 1. The number of benzene rings is 2. The summed E-state index contributed by atoms with van der Waals surface area (Å²) in [7, 11) is 0. The molecule has 2 aromatic carbocycles. The number of nitrogens with one attached hydrogen (secondary N) is 1. The minimum absolute atomic E-state index is 0.0338. The lowest BCUT2D eigenvalue weighted by Gasteiger charge is -2.01. The number of fused-ring (bicyclic) bond motifs is 1. The molecule has 0 aliphatic heterocycles. The zero-order valence-electron chi connectivity index (χ0n) is 9.97. The van der Waals surface area contributed by atoms with Crippen molar-refractivity contribution in [2.45, 2.75) is 12.8 Å². The zero-order chi connectivity index (χ0) is 12.4. The minimum atomic E-state index is 0.0338. The summed E-state index contributed by atoms with van der Waals surface area (Å²) in [5.74, 6) is 0.223. The van der Waals surface area contributed by atoms with Crippen molar-refractivity contribution in [2.24, 2.45) is 11.0 Å². The van der Waals surface area contributed by atoms with Crippen LogP contribution in [-0.2, 0) is 4.79 Å². The van der Waals surface area contributed by atoms with Crippen LogP contribution in [0.15, 0.2) is 47.6 Å². The second-order valence-electron chi connectivity index (χ2n) is 4.58. The lowest BCUT2D eigenvalue weighted by molar-refractivity contribution is -0.122. The number of hydrazone groups is 1. The van der Waals surface area contributed by atoms with E-state index >= 15 is 0 Å². The number of amides is 1. The number of rotatable bonds is 3. The third kappa shape index (κ3) is 2.25. The monoisotopic (exact) mass is 238 g/mol. The molecule has 0 aromatic heterocycles. The molecule has 18 heavy (non-hydrogen) atoms. The number of hydrogen-bond acceptors (Lipinski definition) is 2. The molecule has 0 bridgehead atoms. The van der Waals surface area contributed by atoms with Gasteiger partial charge in [0.2, 0.25) is 5.91 Å². The van der Waals surface area contributed by atoms with Crippen LogP contribution in [-0.4, -0.2) is 12.1 Å². The Morgan fingerprint density at radius 1 is 1.17 bits per heavy atom. The van der Waals surface area contributed by atoms with Crippen molar-refractivity contribution in [3.05, 3.63) is 48.0 Å². The summed E-state index contributed by atoms with van der Waals surface area (Å²) in [6, 6.07) is 14.2. The van der Waals surface area contributed by atoms with Crippen molar-refractivity contribution in [2.75, 3.05) is 0 Å². The molecular weight excluding hydrogens is 224 g/mol. The van der Waals surface area contributed by atoms with Gasteiger partial charge in [0.05, 0.1) is 6.21 Å². The molecule has 1 aliphatic rings. The molecule has 0 heterocycles. The van der Waals surface area contributed by atoms with Crippen LogP contribution in [0.2, 0.25) is 0 Å². The SMILES string of the molecule is O=C(N/N=C\c1cccc2ccccc12)C1CC1. The maximum atomic E-state index is 11.4. The van der Waals surface area contributed by atoms with E-state index in [4.69, 9.17) is 0 Å². The fourth-order valence-corrected chi connectivity index (χ4v) is 1.97. The molecule has 0 spiro atoms. The fraction of sp³-hybridized carbons (Fsp3) is 0.200. The van der Waals surface area contributed by atoms with E-state index in [1.54, 1.807) is 6.21 Å². The highest BCUT2D eigenvalue weighted by Crippen LogP contribution is 2.28. The molecule has 3 nitrogen and oxygen atoms in total. The normalized spacial score (nSPS) is 15.1. The molecule has 0 atom stereocenters. The summed E-state index contributed by atoms with van der Waals surface area (Å²) < 4.78 is 0. The summed E-state index contributed by atoms with van der Waals surface area (Å²) >= 11 is 0. The van der Waals surface area contributed by atoms with Gasteiger partial charge in [0, 0.05) is 11.5 Å². The Morgan fingerprint density at radius 3 is 2.78 bits per heavy atom. The molecule has 3 heteroatoms. The molecule has 90 valence electrons. The Kier molecular flexibility index (Phi) is 2.81. The molecule has 1 amide bonds. The fourth-order valence-electron chi connectivity index (χ4n) is 1.97. The van der Waals surface area contributed by atoms with Gasteiger partial charge in [0.1, 0.15) is 0 Å². The summed E-state index contributed by atoms with van der Waals surface area (Å²) in [6.45, 7) is 0. The quantitative estimate of drug-likeness (QED) is 0.648. The largest absolute Gasteiger partial charge is 0.273 e. The topological polar surface area (TPSA) is 41.5 Å². The lowest BCUT2D eigenvalue weighted by atomic mass is 10.1. The van der Waals surface area contributed by atoms with E-state index in [0.29, 0.717) is 0 Å². The maximum Gasteiger partial charge on any atom is 0.243 e. The second kappa shape index (κ2) is 4.61. The zero-order valence-corrected chi connectivity index (χ0v) is 9.97. The molecule has 1 fully saturated rings. The minimum Gasteiger partial charge on any atom is -0.273 e. The van der Waals surface area contributed by atoms with Gasteiger partial charge in [-0.15, -0.1) is 0 Å². The Labute approximate surface area is 106 Å². The number of hydrogen-bond donors (Lipinski definition) is 1. The molecule has 0 unspecified atom stereocenters. The van der Waals surface area contributed by atoms with Crippen LogP contribution >= 0.6 is 0 Å². The van der Waals surface area contributed by atoms with Gasteiger partial charge >= 0.3 is 0 Å². The van der Waals surface area contributed by atoms with Gasteiger partial charge in [0.15, 0.2) is 0 Å². The van der Waals surface area contributed by atoms with E-state index in [0.717, 1.165) is 23.8 Å². The summed E-state index contributed by atoms with van der Waals surface area (Å²) in [4.78, 5) is 11.4. The van der Waals surface area contributed by atoms with Crippen LogP contribution in [0.1, 0.15) is 18.4 Å². The highest BCUT2D eigenvalue weighted by molar-refractivity contribution is 6.00.